The number of nitrogens with zero attached hydrogens (tertiary/aromatic N) is 2. The Morgan fingerprint density at radius 3 is 2.80 bits per heavy atom. The molecule has 2 aromatic rings. The summed E-state index contributed by atoms with van der Waals surface area (Å²) >= 11 is 3.49. The maximum atomic E-state index is 5.70. The topological polar surface area (TPSA) is 69.4 Å². The van der Waals surface area contributed by atoms with Gasteiger partial charge >= 0.3 is 0 Å². The van der Waals surface area contributed by atoms with E-state index in [1.165, 1.54) is 0 Å². The van der Waals surface area contributed by atoms with Crippen molar-refractivity contribution < 1.29 is 14.0 Å². The van der Waals surface area contributed by atoms with Crippen LogP contribution in [-0.4, -0.2) is 24.3 Å². The summed E-state index contributed by atoms with van der Waals surface area (Å²) in [6.45, 7) is 2.70. The van der Waals surface area contributed by atoms with Crippen LogP contribution in [0.15, 0.2) is 21.1 Å². The van der Waals surface area contributed by atoms with Gasteiger partial charge in [-0.25, -0.2) is 0 Å². The lowest BCUT2D eigenvalue weighted by Gasteiger charge is -2.13. The number of hydrogen-bond donors (Lipinski definition) is 1. The molecule has 0 saturated carbocycles. The highest BCUT2D eigenvalue weighted by Gasteiger charge is 2.13. The number of rotatable bonds is 6. The lowest BCUT2D eigenvalue weighted by Crippen LogP contribution is -2.06. The third kappa shape index (κ3) is 3.49. The molecule has 1 heterocycles. The van der Waals surface area contributed by atoms with Crippen molar-refractivity contribution in [2.24, 2.45) is 0 Å². The van der Waals surface area contributed by atoms with Crippen molar-refractivity contribution in [1.82, 2.24) is 15.5 Å². The average Bonchev–Trinajstić information content (AvgIpc) is 2.83. The van der Waals surface area contributed by atoms with Gasteiger partial charge in [-0.2, -0.15) is 4.98 Å². The zero-order valence-electron chi connectivity index (χ0n) is 11.6. The Hall–Kier alpha value is -1.60. The lowest BCUT2D eigenvalue weighted by molar-refractivity contribution is 0.232. The summed E-state index contributed by atoms with van der Waals surface area (Å²) in [5.74, 6) is 2.28. The highest BCUT2D eigenvalue weighted by atomic mass is 79.9. The van der Waals surface area contributed by atoms with Gasteiger partial charge < -0.3 is 19.3 Å². The van der Waals surface area contributed by atoms with E-state index in [0.29, 0.717) is 23.2 Å². The van der Waals surface area contributed by atoms with E-state index in [2.05, 4.69) is 31.4 Å². The molecule has 0 aliphatic heterocycles. The standard InChI is InChI=1S/C13H16BrN3O3/c1-8-16-12(20-17-8)7-19-13-10(14)4-9(6-15-2)5-11(13)18-3/h4-5,15H,6-7H2,1-3H3. The first-order chi connectivity index (χ1) is 9.63. The zero-order chi connectivity index (χ0) is 14.5. The van der Waals surface area contributed by atoms with Crippen molar-refractivity contribution in [2.45, 2.75) is 20.1 Å². The molecular weight excluding hydrogens is 326 g/mol. The Kier molecular flexibility index (Phi) is 4.97. The number of benzene rings is 1. The van der Waals surface area contributed by atoms with Crippen LogP contribution in [-0.2, 0) is 13.2 Å². The monoisotopic (exact) mass is 341 g/mol. The molecule has 0 atom stereocenters. The van der Waals surface area contributed by atoms with Gasteiger partial charge in [0.2, 0.25) is 0 Å². The Labute approximate surface area is 125 Å². The van der Waals surface area contributed by atoms with Gasteiger partial charge in [0, 0.05) is 6.54 Å². The summed E-state index contributed by atoms with van der Waals surface area (Å²) in [7, 11) is 3.50. The summed E-state index contributed by atoms with van der Waals surface area (Å²) in [6, 6.07) is 3.91. The van der Waals surface area contributed by atoms with Gasteiger partial charge in [-0.3, -0.25) is 0 Å². The Bertz CT molecular complexity index is 586. The largest absolute Gasteiger partial charge is 0.493 e. The van der Waals surface area contributed by atoms with Crippen molar-refractivity contribution in [3.63, 3.8) is 0 Å². The van der Waals surface area contributed by atoms with Crippen molar-refractivity contribution in [3.8, 4) is 11.5 Å². The van der Waals surface area contributed by atoms with Crippen LogP contribution >= 0.6 is 15.9 Å². The van der Waals surface area contributed by atoms with E-state index >= 15 is 0 Å². The predicted octanol–water partition coefficient (Wildman–Crippen LogP) is 2.45. The maximum absolute atomic E-state index is 5.70. The van der Waals surface area contributed by atoms with Crippen molar-refractivity contribution in [1.29, 1.82) is 0 Å². The number of aryl methyl sites for hydroxylation is 1. The second kappa shape index (κ2) is 6.71. The molecule has 0 aliphatic carbocycles. The van der Waals surface area contributed by atoms with Crippen molar-refractivity contribution in [3.05, 3.63) is 33.9 Å². The minimum Gasteiger partial charge on any atom is -0.493 e. The Morgan fingerprint density at radius 1 is 1.40 bits per heavy atom. The molecule has 0 aliphatic rings. The minimum absolute atomic E-state index is 0.196. The fourth-order valence-electron chi connectivity index (χ4n) is 1.75. The first-order valence-corrected chi connectivity index (χ1v) is 6.86. The molecule has 0 fully saturated rings. The molecule has 7 heteroatoms. The SMILES string of the molecule is CNCc1cc(Br)c(OCc2nc(C)no2)c(OC)c1. The molecule has 0 spiro atoms. The molecule has 0 amide bonds. The van der Waals surface area contributed by atoms with E-state index < -0.39 is 0 Å². The predicted molar refractivity (Wildman–Crippen MR) is 76.8 cm³/mol. The zero-order valence-corrected chi connectivity index (χ0v) is 13.2. The molecule has 2 rings (SSSR count). The van der Waals surface area contributed by atoms with Gasteiger partial charge in [-0.05, 0) is 47.6 Å². The summed E-state index contributed by atoms with van der Waals surface area (Å²) in [5.41, 5.74) is 1.09. The van der Waals surface area contributed by atoms with Gasteiger partial charge in [-0.15, -0.1) is 0 Å². The van der Waals surface area contributed by atoms with E-state index in [-0.39, 0.29) is 6.61 Å². The summed E-state index contributed by atoms with van der Waals surface area (Å²) in [4.78, 5) is 4.09. The number of ether oxygens (including phenoxy) is 2. The van der Waals surface area contributed by atoms with Gasteiger partial charge in [0.1, 0.15) is 0 Å². The molecular formula is C13H16BrN3O3. The Morgan fingerprint density at radius 2 is 2.20 bits per heavy atom. The number of nitrogens with one attached hydrogen (secondary N) is 1. The number of halogens is 1. The van der Waals surface area contributed by atoms with Crippen LogP contribution in [0.5, 0.6) is 11.5 Å². The number of hydrogen-bond acceptors (Lipinski definition) is 6. The van der Waals surface area contributed by atoms with Crippen LogP contribution in [0.3, 0.4) is 0 Å². The van der Waals surface area contributed by atoms with Crippen molar-refractivity contribution in [2.75, 3.05) is 14.2 Å². The highest BCUT2D eigenvalue weighted by Crippen LogP contribution is 2.37. The van der Waals surface area contributed by atoms with Crippen LogP contribution in [0.2, 0.25) is 0 Å². The normalized spacial score (nSPS) is 10.6. The van der Waals surface area contributed by atoms with E-state index in [4.69, 9.17) is 14.0 Å². The van der Waals surface area contributed by atoms with Gasteiger partial charge in [-0.1, -0.05) is 5.16 Å². The second-order valence-corrected chi connectivity index (χ2v) is 5.02. The maximum Gasteiger partial charge on any atom is 0.264 e. The third-order valence-corrected chi connectivity index (χ3v) is 3.17. The quantitative estimate of drug-likeness (QED) is 0.870. The lowest BCUT2D eigenvalue weighted by atomic mass is 10.2. The van der Waals surface area contributed by atoms with Crippen LogP contribution < -0.4 is 14.8 Å². The molecule has 0 bridgehead atoms. The fraction of sp³-hybridized carbons (Fsp3) is 0.385. The summed E-state index contributed by atoms with van der Waals surface area (Å²) in [5, 5.41) is 6.81. The molecule has 0 radical (unpaired) electrons. The second-order valence-electron chi connectivity index (χ2n) is 4.16. The fourth-order valence-corrected chi connectivity index (χ4v) is 2.36. The van der Waals surface area contributed by atoms with E-state index in [1.54, 1.807) is 14.0 Å². The third-order valence-electron chi connectivity index (χ3n) is 2.58. The minimum atomic E-state index is 0.196. The van der Waals surface area contributed by atoms with Gasteiger partial charge in [0.05, 0.1) is 11.6 Å². The summed E-state index contributed by atoms with van der Waals surface area (Å²) in [6.07, 6.45) is 0. The molecule has 20 heavy (non-hydrogen) atoms. The average molecular weight is 342 g/mol. The molecule has 1 N–H and O–H groups in total. The highest BCUT2D eigenvalue weighted by molar-refractivity contribution is 9.10. The van der Waals surface area contributed by atoms with Crippen LogP contribution in [0, 0.1) is 6.92 Å². The molecule has 0 unspecified atom stereocenters. The molecule has 1 aromatic carbocycles. The van der Waals surface area contributed by atoms with E-state index in [0.717, 1.165) is 16.6 Å². The molecule has 6 nitrogen and oxygen atoms in total. The van der Waals surface area contributed by atoms with Crippen LogP contribution in [0.25, 0.3) is 0 Å². The van der Waals surface area contributed by atoms with E-state index in [9.17, 15) is 0 Å². The number of methoxy groups -OCH3 is 1. The van der Waals surface area contributed by atoms with Crippen LogP contribution in [0.4, 0.5) is 0 Å². The van der Waals surface area contributed by atoms with Crippen LogP contribution in [0.1, 0.15) is 17.3 Å². The first kappa shape index (κ1) is 14.8. The molecule has 1 aromatic heterocycles. The first-order valence-electron chi connectivity index (χ1n) is 6.07. The van der Waals surface area contributed by atoms with Crippen molar-refractivity contribution >= 4 is 15.9 Å². The summed E-state index contributed by atoms with van der Waals surface area (Å²) < 4.78 is 16.9. The molecule has 0 saturated heterocycles. The molecule has 108 valence electrons. The van der Waals surface area contributed by atoms with E-state index in [1.807, 2.05) is 19.2 Å². The van der Waals surface area contributed by atoms with Gasteiger partial charge in [0.15, 0.2) is 23.9 Å². The Balaban J connectivity index is 2.17. The van der Waals surface area contributed by atoms with Gasteiger partial charge in [0.25, 0.3) is 5.89 Å². The smallest absolute Gasteiger partial charge is 0.264 e. The number of aromatic nitrogens is 2.